The molecule has 29 heavy (non-hydrogen) atoms. The fourth-order valence-electron chi connectivity index (χ4n) is 3.60. The van der Waals surface area contributed by atoms with Crippen molar-refractivity contribution < 1.29 is 0 Å². The molecule has 1 saturated heterocycles. The third-order valence-corrected chi connectivity index (χ3v) is 5.08. The van der Waals surface area contributed by atoms with Gasteiger partial charge in [-0.05, 0) is 30.5 Å². The predicted octanol–water partition coefficient (Wildman–Crippen LogP) is 3.84. The zero-order valence-electron chi connectivity index (χ0n) is 16.6. The standard InChI is InChI=1S/C22H26N6.HI/c1-2-24-22(27-12-10-20(16-27)19-6-4-3-5-7-19)26-15-18-8-9-21(25-14-18)28-13-11-23-17-28;/h3-9,11,13-14,17,20H,2,10,12,15-16H2,1H3,(H,24,26);1H. The van der Waals surface area contributed by atoms with Crippen molar-refractivity contribution in [3.8, 4) is 5.82 Å². The van der Waals surface area contributed by atoms with E-state index in [0.29, 0.717) is 12.5 Å². The first-order chi connectivity index (χ1) is 13.8. The number of guanidine groups is 1. The van der Waals surface area contributed by atoms with E-state index in [9.17, 15) is 0 Å². The number of hydrogen-bond acceptors (Lipinski definition) is 3. The molecule has 1 fully saturated rings. The molecule has 1 aliphatic heterocycles. The van der Waals surface area contributed by atoms with Crippen LogP contribution in [0.25, 0.3) is 5.82 Å². The molecule has 6 nitrogen and oxygen atoms in total. The molecule has 7 heteroatoms. The van der Waals surface area contributed by atoms with E-state index in [-0.39, 0.29) is 24.0 Å². The van der Waals surface area contributed by atoms with Gasteiger partial charge in [-0.3, -0.25) is 4.57 Å². The van der Waals surface area contributed by atoms with Crippen LogP contribution >= 0.6 is 24.0 Å². The van der Waals surface area contributed by atoms with Crippen LogP contribution < -0.4 is 5.32 Å². The SMILES string of the molecule is CCNC(=NCc1ccc(-n2ccnc2)nc1)N1CCC(c2ccccc2)C1.I. The summed E-state index contributed by atoms with van der Waals surface area (Å²) in [6.07, 6.45) is 8.44. The van der Waals surface area contributed by atoms with Crippen molar-refractivity contribution in [2.45, 2.75) is 25.8 Å². The highest BCUT2D eigenvalue weighted by Gasteiger charge is 2.25. The molecule has 3 heterocycles. The average Bonchev–Trinajstić information content (AvgIpc) is 3.45. The van der Waals surface area contributed by atoms with Gasteiger partial charge in [0.1, 0.15) is 12.1 Å². The minimum Gasteiger partial charge on any atom is -0.357 e. The highest BCUT2D eigenvalue weighted by atomic mass is 127. The molecule has 1 atom stereocenters. The van der Waals surface area contributed by atoms with E-state index in [2.05, 4.69) is 63.5 Å². The van der Waals surface area contributed by atoms with Gasteiger partial charge in [-0.2, -0.15) is 0 Å². The van der Waals surface area contributed by atoms with E-state index in [4.69, 9.17) is 4.99 Å². The van der Waals surface area contributed by atoms with Gasteiger partial charge in [0, 0.05) is 44.1 Å². The summed E-state index contributed by atoms with van der Waals surface area (Å²) in [5, 5.41) is 3.44. The van der Waals surface area contributed by atoms with Gasteiger partial charge in [-0.15, -0.1) is 24.0 Å². The van der Waals surface area contributed by atoms with Gasteiger partial charge in [0.2, 0.25) is 0 Å². The first kappa shape index (κ1) is 21.3. The molecule has 1 aliphatic rings. The number of halogens is 1. The second kappa shape index (κ2) is 10.4. The lowest BCUT2D eigenvalue weighted by Crippen LogP contribution is -2.40. The number of nitrogens with zero attached hydrogens (tertiary/aromatic N) is 5. The lowest BCUT2D eigenvalue weighted by Gasteiger charge is -2.21. The molecule has 1 unspecified atom stereocenters. The van der Waals surface area contributed by atoms with Crippen LogP contribution in [0.15, 0.2) is 72.4 Å². The number of pyridine rings is 1. The Balaban J connectivity index is 0.00000240. The van der Waals surface area contributed by atoms with E-state index < -0.39 is 0 Å². The number of imidazole rings is 1. The molecule has 0 bridgehead atoms. The van der Waals surface area contributed by atoms with Crippen molar-refractivity contribution in [3.63, 3.8) is 0 Å². The Labute approximate surface area is 189 Å². The minimum absolute atomic E-state index is 0. The first-order valence-corrected chi connectivity index (χ1v) is 9.85. The van der Waals surface area contributed by atoms with E-state index >= 15 is 0 Å². The molecule has 4 rings (SSSR count). The lowest BCUT2D eigenvalue weighted by atomic mass is 9.99. The number of hydrogen-bond donors (Lipinski definition) is 1. The van der Waals surface area contributed by atoms with Crippen LogP contribution in [-0.2, 0) is 6.54 Å². The van der Waals surface area contributed by atoms with Gasteiger partial charge in [-0.25, -0.2) is 15.0 Å². The summed E-state index contributed by atoms with van der Waals surface area (Å²) in [6, 6.07) is 14.9. The fourth-order valence-corrected chi connectivity index (χ4v) is 3.60. The number of aliphatic imine (C=N–C) groups is 1. The van der Waals surface area contributed by atoms with Crippen molar-refractivity contribution >= 4 is 29.9 Å². The highest BCUT2D eigenvalue weighted by Crippen LogP contribution is 2.27. The first-order valence-electron chi connectivity index (χ1n) is 9.85. The molecular weight excluding hydrogens is 475 g/mol. The molecule has 0 amide bonds. The zero-order chi connectivity index (χ0) is 19.2. The Morgan fingerprint density at radius 1 is 1.21 bits per heavy atom. The second-order valence-electron chi connectivity index (χ2n) is 7.01. The van der Waals surface area contributed by atoms with Gasteiger partial charge in [0.15, 0.2) is 5.96 Å². The quantitative estimate of drug-likeness (QED) is 0.327. The smallest absolute Gasteiger partial charge is 0.194 e. The normalized spacial score (nSPS) is 16.5. The van der Waals surface area contributed by atoms with Crippen molar-refractivity contribution in [3.05, 3.63) is 78.5 Å². The lowest BCUT2D eigenvalue weighted by molar-refractivity contribution is 0.486. The Kier molecular flexibility index (Phi) is 7.62. The van der Waals surface area contributed by atoms with Crippen molar-refractivity contribution in [2.75, 3.05) is 19.6 Å². The molecule has 1 aromatic carbocycles. The summed E-state index contributed by atoms with van der Waals surface area (Å²) >= 11 is 0. The molecule has 3 aromatic rings. The number of likely N-dealkylation sites (tertiary alicyclic amines) is 1. The molecule has 152 valence electrons. The zero-order valence-corrected chi connectivity index (χ0v) is 18.9. The van der Waals surface area contributed by atoms with Crippen LogP contribution in [0.5, 0.6) is 0 Å². The predicted molar refractivity (Wildman–Crippen MR) is 127 cm³/mol. The molecule has 1 N–H and O–H groups in total. The summed E-state index contributed by atoms with van der Waals surface area (Å²) < 4.78 is 1.89. The second-order valence-corrected chi connectivity index (χ2v) is 7.01. The summed E-state index contributed by atoms with van der Waals surface area (Å²) in [6.45, 7) is 5.63. The minimum atomic E-state index is 0. The summed E-state index contributed by atoms with van der Waals surface area (Å²) in [5.74, 6) is 2.42. The van der Waals surface area contributed by atoms with Crippen molar-refractivity contribution in [1.82, 2.24) is 24.8 Å². The Morgan fingerprint density at radius 3 is 2.76 bits per heavy atom. The average molecular weight is 502 g/mol. The topological polar surface area (TPSA) is 58.3 Å². The largest absolute Gasteiger partial charge is 0.357 e. The van der Waals surface area contributed by atoms with Crippen LogP contribution in [0, 0.1) is 0 Å². The molecular formula is C22H27IN6. The molecule has 0 aliphatic carbocycles. The van der Waals surface area contributed by atoms with Gasteiger partial charge >= 0.3 is 0 Å². The van der Waals surface area contributed by atoms with E-state index in [0.717, 1.165) is 43.4 Å². The van der Waals surface area contributed by atoms with Crippen LogP contribution in [0.2, 0.25) is 0 Å². The van der Waals surface area contributed by atoms with Gasteiger partial charge in [-0.1, -0.05) is 36.4 Å². The van der Waals surface area contributed by atoms with Crippen LogP contribution in [0.3, 0.4) is 0 Å². The Morgan fingerprint density at radius 2 is 2.07 bits per heavy atom. The maximum absolute atomic E-state index is 4.86. The third kappa shape index (κ3) is 5.35. The van der Waals surface area contributed by atoms with Gasteiger partial charge < -0.3 is 10.2 Å². The van der Waals surface area contributed by atoms with Crippen LogP contribution in [-0.4, -0.2) is 45.0 Å². The van der Waals surface area contributed by atoms with E-state index in [1.807, 2.05) is 23.0 Å². The maximum atomic E-state index is 4.86. The highest BCUT2D eigenvalue weighted by molar-refractivity contribution is 14.0. The van der Waals surface area contributed by atoms with Crippen molar-refractivity contribution in [2.24, 2.45) is 4.99 Å². The van der Waals surface area contributed by atoms with E-state index in [1.165, 1.54) is 5.56 Å². The molecule has 2 aromatic heterocycles. The summed E-state index contributed by atoms with van der Waals surface area (Å²) in [7, 11) is 0. The van der Waals surface area contributed by atoms with Crippen LogP contribution in [0.4, 0.5) is 0 Å². The monoisotopic (exact) mass is 502 g/mol. The number of benzene rings is 1. The number of aromatic nitrogens is 3. The molecule has 0 spiro atoms. The maximum Gasteiger partial charge on any atom is 0.194 e. The molecule has 0 radical (unpaired) electrons. The number of nitrogens with one attached hydrogen (secondary N) is 1. The Hall–Kier alpha value is -2.42. The Bertz CT molecular complexity index is 893. The van der Waals surface area contributed by atoms with Gasteiger partial charge in [0.25, 0.3) is 0 Å². The van der Waals surface area contributed by atoms with Crippen molar-refractivity contribution in [1.29, 1.82) is 0 Å². The van der Waals surface area contributed by atoms with E-state index in [1.54, 1.807) is 12.5 Å². The van der Waals surface area contributed by atoms with Crippen LogP contribution in [0.1, 0.15) is 30.4 Å². The number of rotatable bonds is 5. The van der Waals surface area contributed by atoms with Gasteiger partial charge in [0.05, 0.1) is 6.54 Å². The summed E-state index contributed by atoms with van der Waals surface area (Å²) in [4.78, 5) is 15.8. The fraction of sp³-hybridized carbons (Fsp3) is 0.318. The molecule has 0 saturated carbocycles. The third-order valence-electron chi connectivity index (χ3n) is 5.08. The summed E-state index contributed by atoms with van der Waals surface area (Å²) in [5.41, 5.74) is 2.51.